The molecule has 3 N–H and O–H groups in total. The number of hydrogen-bond acceptors (Lipinski definition) is 4. The number of halogens is 1. The Morgan fingerprint density at radius 1 is 1.24 bits per heavy atom. The van der Waals surface area contributed by atoms with Crippen LogP contribution in [0.5, 0.6) is 0 Å². The van der Waals surface area contributed by atoms with Crippen LogP contribution in [0.15, 0.2) is 24.3 Å². The van der Waals surface area contributed by atoms with Crippen molar-refractivity contribution in [3.63, 3.8) is 0 Å². The number of anilines is 1. The van der Waals surface area contributed by atoms with Crippen LogP contribution in [0, 0.1) is 5.41 Å². The summed E-state index contributed by atoms with van der Waals surface area (Å²) in [5.41, 5.74) is 6.62. The van der Waals surface area contributed by atoms with Crippen molar-refractivity contribution in [2.45, 2.75) is 26.8 Å². The van der Waals surface area contributed by atoms with E-state index in [1.54, 1.807) is 4.90 Å². The predicted molar refractivity (Wildman–Crippen MR) is 101 cm³/mol. The van der Waals surface area contributed by atoms with Crippen LogP contribution in [0.2, 0.25) is 5.02 Å². The Hall–Kier alpha value is -1.79. The fourth-order valence-electron chi connectivity index (χ4n) is 2.66. The van der Waals surface area contributed by atoms with Gasteiger partial charge < -0.3 is 20.9 Å². The highest BCUT2D eigenvalue weighted by atomic mass is 35.5. The van der Waals surface area contributed by atoms with Gasteiger partial charge >= 0.3 is 0 Å². The van der Waals surface area contributed by atoms with Crippen molar-refractivity contribution >= 4 is 29.1 Å². The lowest BCUT2D eigenvalue weighted by atomic mass is 9.87. The minimum Gasteiger partial charge on any atom is -0.368 e. The SMILES string of the molecule is CC(C)(C)[C@H](N)C(=O)NCC(=O)N1CCN(c2cccc(Cl)c2)CC1. The maximum Gasteiger partial charge on any atom is 0.242 e. The smallest absolute Gasteiger partial charge is 0.242 e. The Balaban J connectivity index is 1.80. The van der Waals surface area contributed by atoms with Crippen LogP contribution >= 0.6 is 11.6 Å². The van der Waals surface area contributed by atoms with Gasteiger partial charge in [-0.05, 0) is 23.6 Å². The molecular weight excluding hydrogens is 340 g/mol. The van der Waals surface area contributed by atoms with E-state index in [1.807, 2.05) is 45.0 Å². The first-order chi connectivity index (χ1) is 11.7. The van der Waals surface area contributed by atoms with E-state index < -0.39 is 6.04 Å². The average molecular weight is 367 g/mol. The van der Waals surface area contributed by atoms with Gasteiger partial charge in [-0.25, -0.2) is 0 Å². The van der Waals surface area contributed by atoms with Crippen LogP contribution in [-0.2, 0) is 9.59 Å². The topological polar surface area (TPSA) is 78.7 Å². The molecule has 1 aliphatic rings. The predicted octanol–water partition coefficient (Wildman–Crippen LogP) is 1.48. The number of amides is 2. The highest BCUT2D eigenvalue weighted by Gasteiger charge is 2.28. The first-order valence-electron chi connectivity index (χ1n) is 8.50. The van der Waals surface area contributed by atoms with E-state index in [2.05, 4.69) is 10.2 Å². The zero-order chi connectivity index (χ0) is 18.6. The number of nitrogens with two attached hydrogens (primary N) is 1. The number of hydrogen-bond donors (Lipinski definition) is 2. The molecule has 1 saturated heterocycles. The van der Waals surface area contributed by atoms with Crippen molar-refractivity contribution in [1.82, 2.24) is 10.2 Å². The molecule has 0 spiro atoms. The van der Waals surface area contributed by atoms with E-state index in [0.717, 1.165) is 18.8 Å². The lowest BCUT2D eigenvalue weighted by Crippen LogP contribution is -2.54. The average Bonchev–Trinajstić information content (AvgIpc) is 2.58. The van der Waals surface area contributed by atoms with E-state index >= 15 is 0 Å². The van der Waals surface area contributed by atoms with Gasteiger partial charge in [-0.3, -0.25) is 9.59 Å². The molecule has 1 fully saturated rings. The number of carbonyl (C=O) groups is 2. The second-order valence-electron chi connectivity index (χ2n) is 7.41. The third-order valence-electron chi connectivity index (χ3n) is 4.44. The maximum absolute atomic E-state index is 12.3. The molecule has 0 aromatic heterocycles. The van der Waals surface area contributed by atoms with Crippen molar-refractivity contribution < 1.29 is 9.59 Å². The van der Waals surface area contributed by atoms with Gasteiger partial charge in [-0.15, -0.1) is 0 Å². The van der Waals surface area contributed by atoms with Gasteiger partial charge in [0.2, 0.25) is 11.8 Å². The Kier molecular flexibility index (Phi) is 6.30. The second kappa shape index (κ2) is 8.06. The monoisotopic (exact) mass is 366 g/mol. The van der Waals surface area contributed by atoms with E-state index in [1.165, 1.54) is 0 Å². The third-order valence-corrected chi connectivity index (χ3v) is 4.67. The maximum atomic E-state index is 12.3. The molecule has 1 atom stereocenters. The summed E-state index contributed by atoms with van der Waals surface area (Å²) in [5.74, 6) is -0.376. The fraction of sp³-hybridized carbons (Fsp3) is 0.556. The van der Waals surface area contributed by atoms with E-state index in [4.69, 9.17) is 17.3 Å². The minimum atomic E-state index is -0.639. The van der Waals surface area contributed by atoms with Gasteiger partial charge in [0.15, 0.2) is 0 Å². The summed E-state index contributed by atoms with van der Waals surface area (Å²) in [6.45, 7) is 8.39. The Morgan fingerprint density at radius 3 is 2.44 bits per heavy atom. The third kappa shape index (κ3) is 5.34. The number of nitrogens with zero attached hydrogens (tertiary/aromatic N) is 2. The number of piperazine rings is 1. The highest BCUT2D eigenvalue weighted by Crippen LogP contribution is 2.21. The van der Waals surface area contributed by atoms with Crippen molar-refractivity contribution in [3.8, 4) is 0 Å². The van der Waals surface area contributed by atoms with Crippen molar-refractivity contribution in [2.24, 2.45) is 11.1 Å². The summed E-state index contributed by atoms with van der Waals surface area (Å²) in [6, 6.07) is 7.06. The number of benzene rings is 1. The molecule has 1 aliphatic heterocycles. The Morgan fingerprint density at radius 2 is 1.88 bits per heavy atom. The molecule has 2 amide bonds. The van der Waals surface area contributed by atoms with Crippen molar-refractivity contribution in [1.29, 1.82) is 0 Å². The Labute approximate surface area is 154 Å². The van der Waals surface area contributed by atoms with Crippen LogP contribution in [0.25, 0.3) is 0 Å². The largest absolute Gasteiger partial charge is 0.368 e. The molecule has 1 heterocycles. The molecule has 1 aromatic rings. The molecule has 0 saturated carbocycles. The molecule has 25 heavy (non-hydrogen) atoms. The van der Waals surface area contributed by atoms with Crippen LogP contribution in [0.4, 0.5) is 5.69 Å². The van der Waals surface area contributed by atoms with E-state index in [-0.39, 0.29) is 23.8 Å². The van der Waals surface area contributed by atoms with E-state index in [9.17, 15) is 9.59 Å². The molecule has 138 valence electrons. The van der Waals surface area contributed by atoms with Crippen molar-refractivity contribution in [3.05, 3.63) is 29.3 Å². The molecule has 7 heteroatoms. The number of carbonyl (C=O) groups excluding carboxylic acids is 2. The summed E-state index contributed by atoms with van der Waals surface area (Å²) >= 11 is 6.03. The standard InChI is InChI=1S/C18H27ClN4O2/c1-18(2,3)16(20)17(25)21-12-15(24)23-9-7-22(8-10-23)14-6-4-5-13(19)11-14/h4-6,11,16H,7-10,12,20H2,1-3H3,(H,21,25)/t16-/m1/s1. The van der Waals surface area contributed by atoms with Crippen LogP contribution in [-0.4, -0.2) is 55.5 Å². The van der Waals surface area contributed by atoms with Crippen LogP contribution in [0.1, 0.15) is 20.8 Å². The molecule has 6 nitrogen and oxygen atoms in total. The molecule has 0 radical (unpaired) electrons. The Bertz CT molecular complexity index is 622. The van der Waals surface area contributed by atoms with E-state index in [0.29, 0.717) is 18.1 Å². The molecule has 2 rings (SSSR count). The summed E-state index contributed by atoms with van der Waals surface area (Å²) in [7, 11) is 0. The van der Waals surface area contributed by atoms with Gasteiger partial charge in [0.05, 0.1) is 12.6 Å². The molecular formula is C18H27ClN4O2. The number of nitrogens with one attached hydrogen (secondary N) is 1. The second-order valence-corrected chi connectivity index (χ2v) is 7.85. The van der Waals surface area contributed by atoms with Crippen LogP contribution in [0.3, 0.4) is 0 Å². The van der Waals surface area contributed by atoms with Gasteiger partial charge in [-0.1, -0.05) is 38.4 Å². The van der Waals surface area contributed by atoms with Gasteiger partial charge in [0.1, 0.15) is 0 Å². The summed E-state index contributed by atoms with van der Waals surface area (Å²) in [5, 5.41) is 3.35. The van der Waals surface area contributed by atoms with Crippen LogP contribution < -0.4 is 16.0 Å². The molecule has 0 unspecified atom stereocenters. The summed E-state index contributed by atoms with van der Waals surface area (Å²) in [6.07, 6.45) is 0. The highest BCUT2D eigenvalue weighted by molar-refractivity contribution is 6.30. The molecule has 1 aromatic carbocycles. The van der Waals surface area contributed by atoms with Crippen molar-refractivity contribution in [2.75, 3.05) is 37.6 Å². The minimum absolute atomic E-state index is 0.0141. The zero-order valence-electron chi connectivity index (χ0n) is 15.1. The van der Waals surface area contributed by atoms with Gasteiger partial charge in [0, 0.05) is 36.9 Å². The zero-order valence-corrected chi connectivity index (χ0v) is 15.8. The lowest BCUT2D eigenvalue weighted by Gasteiger charge is -2.36. The first kappa shape index (κ1) is 19.5. The van der Waals surface area contributed by atoms with Gasteiger partial charge in [-0.2, -0.15) is 0 Å². The normalized spacial score (nSPS) is 16.5. The fourth-order valence-corrected chi connectivity index (χ4v) is 2.85. The lowest BCUT2D eigenvalue weighted by molar-refractivity contribution is -0.134. The molecule has 0 aliphatic carbocycles. The quantitative estimate of drug-likeness (QED) is 0.846. The summed E-state index contributed by atoms with van der Waals surface area (Å²) in [4.78, 5) is 28.3. The van der Waals surface area contributed by atoms with Gasteiger partial charge in [0.25, 0.3) is 0 Å². The molecule has 0 bridgehead atoms. The number of rotatable bonds is 4. The summed E-state index contributed by atoms with van der Waals surface area (Å²) < 4.78 is 0. The first-order valence-corrected chi connectivity index (χ1v) is 8.88.